The molecule has 0 saturated carbocycles. The second-order valence-electron chi connectivity index (χ2n) is 6.88. The molecular formula is C19H27FN4O2. The van der Waals surface area contributed by atoms with E-state index in [4.69, 9.17) is 9.15 Å². The Labute approximate surface area is 153 Å². The molecule has 0 amide bonds. The summed E-state index contributed by atoms with van der Waals surface area (Å²) in [5.41, 5.74) is -0.0598. The summed E-state index contributed by atoms with van der Waals surface area (Å²) in [6.45, 7) is 7.93. The van der Waals surface area contributed by atoms with E-state index in [9.17, 15) is 4.39 Å². The Bertz CT molecular complexity index is 705. The normalized spacial score (nSPS) is 12.1. The van der Waals surface area contributed by atoms with Crippen molar-refractivity contribution < 1.29 is 13.5 Å². The summed E-state index contributed by atoms with van der Waals surface area (Å²) in [5, 5.41) is 6.37. The summed E-state index contributed by atoms with van der Waals surface area (Å²) >= 11 is 0. The lowest BCUT2D eigenvalue weighted by atomic mass is 9.94. The van der Waals surface area contributed by atoms with Crippen molar-refractivity contribution in [2.45, 2.75) is 39.2 Å². The van der Waals surface area contributed by atoms with Crippen molar-refractivity contribution >= 4 is 5.96 Å². The number of nitrogens with one attached hydrogen (secondary N) is 2. The minimum Gasteiger partial charge on any atom is -0.494 e. The fourth-order valence-electron chi connectivity index (χ4n) is 2.12. The van der Waals surface area contributed by atoms with E-state index in [0.717, 1.165) is 12.2 Å². The van der Waals surface area contributed by atoms with Gasteiger partial charge in [0.15, 0.2) is 5.96 Å². The van der Waals surface area contributed by atoms with Crippen molar-refractivity contribution in [3.63, 3.8) is 0 Å². The lowest BCUT2D eigenvalue weighted by Crippen LogP contribution is -2.37. The number of hydrogen-bond donors (Lipinski definition) is 2. The zero-order valence-electron chi connectivity index (χ0n) is 15.8. The second kappa shape index (κ2) is 9.22. The topological polar surface area (TPSA) is 71.7 Å². The van der Waals surface area contributed by atoms with E-state index in [2.05, 4.69) is 41.4 Å². The van der Waals surface area contributed by atoms with Crippen LogP contribution >= 0.6 is 0 Å². The fraction of sp³-hybridized carbons (Fsp3) is 0.474. The molecule has 2 N–H and O–H groups in total. The van der Waals surface area contributed by atoms with E-state index in [0.29, 0.717) is 37.3 Å². The first-order valence-corrected chi connectivity index (χ1v) is 8.66. The van der Waals surface area contributed by atoms with Gasteiger partial charge in [0, 0.05) is 19.0 Å². The summed E-state index contributed by atoms with van der Waals surface area (Å²) in [7, 11) is 1.71. The number of ether oxygens (including phenoxy) is 1. The van der Waals surface area contributed by atoms with Gasteiger partial charge >= 0.3 is 0 Å². The molecule has 1 aromatic heterocycles. The van der Waals surface area contributed by atoms with Gasteiger partial charge in [0.05, 0.1) is 19.3 Å². The van der Waals surface area contributed by atoms with E-state index in [-0.39, 0.29) is 11.2 Å². The van der Waals surface area contributed by atoms with Crippen LogP contribution in [0.1, 0.15) is 38.8 Å². The Morgan fingerprint density at radius 3 is 2.58 bits per heavy atom. The number of aromatic nitrogens is 1. The molecule has 142 valence electrons. The van der Waals surface area contributed by atoms with E-state index < -0.39 is 0 Å². The lowest BCUT2D eigenvalue weighted by Gasteiger charge is -2.13. The Kier molecular flexibility index (Phi) is 7.00. The lowest BCUT2D eigenvalue weighted by molar-refractivity contribution is 0.310. The standard InChI is InChI=1S/C19H27FN4O2/c1-19(2,3)16-12-23-17(26-16)13-24-18(21-4)22-10-5-11-25-15-8-6-14(20)7-9-15/h6-9,12H,5,10-11,13H2,1-4H3,(H2,21,22,24). The van der Waals surface area contributed by atoms with Crippen LogP contribution in [0.25, 0.3) is 0 Å². The zero-order valence-corrected chi connectivity index (χ0v) is 15.8. The molecule has 7 heteroatoms. The maximum atomic E-state index is 12.8. The van der Waals surface area contributed by atoms with Gasteiger partial charge in [-0.25, -0.2) is 9.37 Å². The first-order valence-electron chi connectivity index (χ1n) is 8.66. The highest BCUT2D eigenvalue weighted by atomic mass is 19.1. The Hall–Kier alpha value is -2.57. The third-order valence-corrected chi connectivity index (χ3v) is 3.62. The summed E-state index contributed by atoms with van der Waals surface area (Å²) in [5.74, 6) is 2.54. The van der Waals surface area contributed by atoms with Crippen LogP contribution in [0.3, 0.4) is 0 Å². The molecule has 0 spiro atoms. The van der Waals surface area contributed by atoms with Gasteiger partial charge < -0.3 is 19.8 Å². The third-order valence-electron chi connectivity index (χ3n) is 3.62. The summed E-state index contributed by atoms with van der Waals surface area (Å²) in [4.78, 5) is 8.45. The number of oxazole rings is 1. The molecular weight excluding hydrogens is 335 g/mol. The molecule has 6 nitrogen and oxygen atoms in total. The highest BCUT2D eigenvalue weighted by molar-refractivity contribution is 5.79. The molecule has 2 rings (SSSR count). The van der Waals surface area contributed by atoms with Crippen LogP contribution < -0.4 is 15.4 Å². The fourth-order valence-corrected chi connectivity index (χ4v) is 2.12. The number of hydrogen-bond acceptors (Lipinski definition) is 4. The smallest absolute Gasteiger partial charge is 0.213 e. The number of rotatable bonds is 7. The predicted octanol–water partition coefficient (Wildman–Crippen LogP) is 3.25. The van der Waals surface area contributed by atoms with Gasteiger partial charge in [-0.05, 0) is 30.7 Å². The van der Waals surface area contributed by atoms with Crippen molar-refractivity contribution in [3.05, 3.63) is 47.9 Å². The van der Waals surface area contributed by atoms with Gasteiger partial charge in [-0.1, -0.05) is 20.8 Å². The van der Waals surface area contributed by atoms with Gasteiger partial charge in [-0.15, -0.1) is 0 Å². The van der Waals surface area contributed by atoms with Crippen molar-refractivity contribution in [2.75, 3.05) is 20.2 Å². The molecule has 26 heavy (non-hydrogen) atoms. The van der Waals surface area contributed by atoms with Gasteiger partial charge in [-0.2, -0.15) is 0 Å². The highest BCUT2D eigenvalue weighted by Crippen LogP contribution is 2.22. The maximum absolute atomic E-state index is 12.8. The summed E-state index contributed by atoms with van der Waals surface area (Å²) in [6, 6.07) is 6.00. The summed E-state index contributed by atoms with van der Waals surface area (Å²) < 4.78 is 24.1. The predicted molar refractivity (Wildman–Crippen MR) is 99.9 cm³/mol. The highest BCUT2D eigenvalue weighted by Gasteiger charge is 2.19. The monoisotopic (exact) mass is 362 g/mol. The van der Waals surface area contributed by atoms with Crippen LogP contribution in [-0.4, -0.2) is 31.1 Å². The van der Waals surface area contributed by atoms with Crippen LogP contribution in [0, 0.1) is 5.82 Å². The number of aliphatic imine (C=N–C) groups is 1. The zero-order chi connectivity index (χ0) is 19.0. The molecule has 1 aromatic carbocycles. The van der Waals surface area contributed by atoms with Crippen LogP contribution in [0.2, 0.25) is 0 Å². The first-order chi connectivity index (χ1) is 12.4. The first kappa shape index (κ1) is 19.8. The van der Waals surface area contributed by atoms with Crippen LogP contribution in [0.15, 0.2) is 39.9 Å². The van der Waals surface area contributed by atoms with Crippen LogP contribution in [-0.2, 0) is 12.0 Å². The molecule has 0 radical (unpaired) electrons. The molecule has 0 fully saturated rings. The van der Waals surface area contributed by atoms with Crippen LogP contribution in [0.5, 0.6) is 5.75 Å². The van der Waals surface area contributed by atoms with Crippen LogP contribution in [0.4, 0.5) is 4.39 Å². The van der Waals surface area contributed by atoms with Crippen molar-refractivity contribution in [1.82, 2.24) is 15.6 Å². The molecule has 0 aliphatic rings. The molecule has 0 unspecified atom stereocenters. The average molecular weight is 362 g/mol. The van der Waals surface area contributed by atoms with Gasteiger partial charge in [0.25, 0.3) is 0 Å². The van der Waals surface area contributed by atoms with E-state index in [1.165, 1.54) is 12.1 Å². The Morgan fingerprint density at radius 2 is 1.96 bits per heavy atom. The van der Waals surface area contributed by atoms with Gasteiger partial charge in [-0.3, -0.25) is 4.99 Å². The average Bonchev–Trinajstić information content (AvgIpc) is 3.08. The van der Waals surface area contributed by atoms with E-state index >= 15 is 0 Å². The Morgan fingerprint density at radius 1 is 1.23 bits per heavy atom. The van der Waals surface area contributed by atoms with E-state index in [1.807, 2.05) is 0 Å². The minimum atomic E-state index is -0.269. The maximum Gasteiger partial charge on any atom is 0.213 e. The van der Waals surface area contributed by atoms with Crippen molar-refractivity contribution in [2.24, 2.45) is 4.99 Å². The number of halogens is 1. The molecule has 0 aliphatic carbocycles. The minimum absolute atomic E-state index is 0.0598. The molecule has 1 heterocycles. The summed E-state index contributed by atoms with van der Waals surface area (Å²) in [6.07, 6.45) is 2.55. The largest absolute Gasteiger partial charge is 0.494 e. The van der Waals surface area contributed by atoms with Crippen molar-refractivity contribution in [3.8, 4) is 5.75 Å². The van der Waals surface area contributed by atoms with Gasteiger partial charge in [0.2, 0.25) is 5.89 Å². The molecule has 0 saturated heterocycles. The van der Waals surface area contributed by atoms with Gasteiger partial charge in [0.1, 0.15) is 17.3 Å². The SMILES string of the molecule is CN=C(NCCCOc1ccc(F)cc1)NCc1ncc(C(C)(C)C)o1. The second-order valence-corrected chi connectivity index (χ2v) is 6.88. The Balaban J connectivity index is 1.66. The number of nitrogens with zero attached hydrogens (tertiary/aromatic N) is 2. The molecule has 0 bridgehead atoms. The third kappa shape index (κ3) is 6.38. The number of guanidine groups is 1. The van der Waals surface area contributed by atoms with Crippen molar-refractivity contribution in [1.29, 1.82) is 0 Å². The molecule has 0 aliphatic heterocycles. The molecule has 0 atom stereocenters. The number of benzene rings is 1. The van der Waals surface area contributed by atoms with E-state index in [1.54, 1.807) is 25.4 Å². The molecule has 2 aromatic rings. The quantitative estimate of drug-likeness (QED) is 0.449.